The Morgan fingerprint density at radius 1 is 1.09 bits per heavy atom. The summed E-state index contributed by atoms with van der Waals surface area (Å²) >= 11 is 3.38. The van der Waals surface area contributed by atoms with Gasteiger partial charge in [0.05, 0.1) is 16.5 Å². The van der Waals surface area contributed by atoms with Crippen molar-refractivity contribution in [3.05, 3.63) is 86.9 Å². The number of halogens is 1. The van der Waals surface area contributed by atoms with E-state index in [4.69, 9.17) is 4.74 Å². The first kappa shape index (κ1) is 22.5. The van der Waals surface area contributed by atoms with Gasteiger partial charge in [-0.05, 0) is 61.5 Å². The van der Waals surface area contributed by atoms with E-state index in [1.165, 1.54) is 11.0 Å². The van der Waals surface area contributed by atoms with E-state index in [0.717, 1.165) is 4.47 Å². The minimum Gasteiger partial charge on any atom is -0.457 e. The summed E-state index contributed by atoms with van der Waals surface area (Å²) in [5.74, 6) is 0.228. The minimum atomic E-state index is -0.559. The van der Waals surface area contributed by atoms with Crippen molar-refractivity contribution in [2.24, 2.45) is 5.92 Å². The molecule has 1 fully saturated rings. The van der Waals surface area contributed by atoms with Gasteiger partial charge in [0.2, 0.25) is 11.8 Å². The lowest BCUT2D eigenvalue weighted by Crippen LogP contribution is -2.28. The molecule has 3 aromatic rings. The van der Waals surface area contributed by atoms with E-state index in [2.05, 4.69) is 21.2 Å². The van der Waals surface area contributed by atoms with E-state index >= 15 is 0 Å². The summed E-state index contributed by atoms with van der Waals surface area (Å²) in [6.45, 7) is 1.80. The van der Waals surface area contributed by atoms with E-state index < -0.39 is 10.8 Å². The van der Waals surface area contributed by atoms with Gasteiger partial charge in [0.15, 0.2) is 0 Å². The van der Waals surface area contributed by atoms with E-state index in [0.29, 0.717) is 28.4 Å². The fraction of sp³-hybridized carbons (Fsp3) is 0.167. The average molecular weight is 510 g/mol. The number of hydrogen-bond acceptors (Lipinski definition) is 5. The molecule has 1 saturated heterocycles. The maximum Gasteiger partial charge on any atom is 0.274 e. The van der Waals surface area contributed by atoms with Crippen LogP contribution in [0.2, 0.25) is 0 Å². The first-order valence-corrected chi connectivity index (χ1v) is 11.0. The molecule has 1 aliphatic rings. The SMILES string of the molecule is Cc1ccc(N2C[C@@H](C(=O)Nc3ccc(Oc4ccc(Br)cc4)cc3)CC2=O)cc1[N+](=O)[O-]. The van der Waals surface area contributed by atoms with Crippen LogP contribution < -0.4 is 15.0 Å². The summed E-state index contributed by atoms with van der Waals surface area (Å²) in [5, 5.41) is 14.0. The predicted molar refractivity (Wildman–Crippen MR) is 128 cm³/mol. The molecule has 1 atom stereocenters. The summed E-state index contributed by atoms with van der Waals surface area (Å²) in [6, 6.07) is 19.0. The number of nitrogens with zero attached hydrogens (tertiary/aromatic N) is 2. The second-order valence-electron chi connectivity index (χ2n) is 7.70. The third-order valence-electron chi connectivity index (χ3n) is 5.37. The zero-order valence-corrected chi connectivity index (χ0v) is 19.2. The Hall–Kier alpha value is -3.72. The van der Waals surface area contributed by atoms with Gasteiger partial charge in [-0.2, -0.15) is 0 Å². The van der Waals surface area contributed by atoms with Crippen LogP contribution in [-0.4, -0.2) is 23.3 Å². The van der Waals surface area contributed by atoms with Crippen LogP contribution in [0.15, 0.2) is 71.2 Å². The van der Waals surface area contributed by atoms with Gasteiger partial charge >= 0.3 is 0 Å². The van der Waals surface area contributed by atoms with Gasteiger partial charge in [0.1, 0.15) is 11.5 Å². The van der Waals surface area contributed by atoms with E-state index in [1.807, 2.05) is 24.3 Å². The van der Waals surface area contributed by atoms with Gasteiger partial charge in [-0.3, -0.25) is 19.7 Å². The van der Waals surface area contributed by atoms with Crippen LogP contribution in [0.3, 0.4) is 0 Å². The molecule has 0 bridgehead atoms. The number of aryl methyl sites for hydroxylation is 1. The summed E-state index contributed by atoms with van der Waals surface area (Å²) in [5.41, 5.74) is 1.46. The molecule has 1 aliphatic heterocycles. The monoisotopic (exact) mass is 509 g/mol. The highest BCUT2D eigenvalue weighted by atomic mass is 79.9. The van der Waals surface area contributed by atoms with Gasteiger partial charge in [0.25, 0.3) is 5.69 Å². The zero-order chi connectivity index (χ0) is 23.5. The molecule has 0 saturated carbocycles. The Bertz CT molecular complexity index is 1210. The molecule has 0 spiro atoms. The number of nitrogens with one attached hydrogen (secondary N) is 1. The number of carbonyl (C=O) groups is 2. The Kier molecular flexibility index (Phi) is 6.41. The van der Waals surface area contributed by atoms with Crippen LogP contribution in [0.25, 0.3) is 0 Å². The smallest absolute Gasteiger partial charge is 0.274 e. The Balaban J connectivity index is 1.39. The topological polar surface area (TPSA) is 102 Å². The second-order valence-corrected chi connectivity index (χ2v) is 8.62. The fourth-order valence-electron chi connectivity index (χ4n) is 3.58. The lowest BCUT2D eigenvalue weighted by Gasteiger charge is -2.17. The molecule has 8 nitrogen and oxygen atoms in total. The van der Waals surface area contributed by atoms with E-state index in [9.17, 15) is 19.7 Å². The normalized spacial score (nSPS) is 15.4. The standard InChI is InChI=1S/C24H20BrN3O5/c1-15-2-7-19(13-22(15)28(31)32)27-14-16(12-23(27)29)24(30)26-18-5-10-21(11-6-18)33-20-8-3-17(25)4-9-20/h2-11,13,16H,12,14H2,1H3,(H,26,30)/t16-/m0/s1. The van der Waals surface area contributed by atoms with Crippen LogP contribution in [0, 0.1) is 23.0 Å². The molecule has 1 N–H and O–H groups in total. The number of anilines is 2. The summed E-state index contributed by atoms with van der Waals surface area (Å²) in [6.07, 6.45) is 0.0399. The lowest BCUT2D eigenvalue weighted by molar-refractivity contribution is -0.385. The van der Waals surface area contributed by atoms with Crippen LogP contribution in [-0.2, 0) is 9.59 Å². The molecule has 168 valence electrons. The largest absolute Gasteiger partial charge is 0.457 e. The average Bonchev–Trinajstić information content (AvgIpc) is 3.18. The van der Waals surface area contributed by atoms with Gasteiger partial charge in [-0.25, -0.2) is 0 Å². The maximum atomic E-state index is 12.7. The maximum absolute atomic E-state index is 12.7. The molecule has 0 aliphatic carbocycles. The number of carbonyl (C=O) groups excluding carboxylic acids is 2. The Morgan fingerprint density at radius 2 is 1.73 bits per heavy atom. The molecular formula is C24H20BrN3O5. The molecule has 4 rings (SSSR count). The second kappa shape index (κ2) is 9.41. The van der Waals surface area contributed by atoms with Crippen molar-refractivity contribution in [3.8, 4) is 11.5 Å². The van der Waals surface area contributed by atoms with Crippen LogP contribution in [0.4, 0.5) is 17.1 Å². The highest BCUT2D eigenvalue weighted by Gasteiger charge is 2.35. The number of ether oxygens (including phenoxy) is 1. The number of nitro benzene ring substituents is 1. The molecule has 0 unspecified atom stereocenters. The third kappa shape index (κ3) is 5.20. The van der Waals surface area contributed by atoms with Crippen LogP contribution in [0.5, 0.6) is 11.5 Å². The Labute approximate surface area is 198 Å². The Morgan fingerprint density at radius 3 is 2.36 bits per heavy atom. The highest BCUT2D eigenvalue weighted by molar-refractivity contribution is 9.10. The molecule has 0 radical (unpaired) electrons. The van der Waals surface area contributed by atoms with Crippen molar-refractivity contribution in [2.45, 2.75) is 13.3 Å². The summed E-state index contributed by atoms with van der Waals surface area (Å²) < 4.78 is 6.73. The molecular weight excluding hydrogens is 490 g/mol. The first-order chi connectivity index (χ1) is 15.8. The van der Waals surface area contributed by atoms with Gasteiger partial charge < -0.3 is 15.0 Å². The quantitative estimate of drug-likeness (QED) is 0.351. The molecule has 1 heterocycles. The first-order valence-electron chi connectivity index (χ1n) is 10.2. The number of rotatable bonds is 6. The number of nitro groups is 1. The van der Waals surface area contributed by atoms with Gasteiger partial charge in [-0.1, -0.05) is 22.0 Å². The molecule has 2 amide bonds. The third-order valence-corrected chi connectivity index (χ3v) is 5.90. The lowest BCUT2D eigenvalue weighted by atomic mass is 10.1. The van der Waals surface area contributed by atoms with Crippen molar-refractivity contribution in [1.29, 1.82) is 0 Å². The highest BCUT2D eigenvalue weighted by Crippen LogP contribution is 2.31. The van der Waals surface area contributed by atoms with Crippen LogP contribution in [0.1, 0.15) is 12.0 Å². The number of benzene rings is 3. The van der Waals surface area contributed by atoms with Crippen molar-refractivity contribution in [2.75, 3.05) is 16.8 Å². The molecule has 33 heavy (non-hydrogen) atoms. The molecule has 9 heteroatoms. The number of amides is 2. The van der Waals surface area contributed by atoms with Crippen molar-refractivity contribution in [3.63, 3.8) is 0 Å². The number of hydrogen-bond donors (Lipinski definition) is 1. The van der Waals surface area contributed by atoms with Gasteiger partial charge in [-0.15, -0.1) is 0 Å². The fourth-order valence-corrected chi connectivity index (χ4v) is 3.85. The van der Waals surface area contributed by atoms with Crippen molar-refractivity contribution < 1.29 is 19.2 Å². The summed E-state index contributed by atoms with van der Waals surface area (Å²) in [7, 11) is 0. The van der Waals surface area contributed by atoms with Crippen LogP contribution >= 0.6 is 15.9 Å². The minimum absolute atomic E-state index is 0.0399. The predicted octanol–water partition coefficient (Wildman–Crippen LogP) is 5.45. The van der Waals surface area contributed by atoms with Crippen molar-refractivity contribution in [1.82, 2.24) is 0 Å². The van der Waals surface area contributed by atoms with Gasteiger partial charge in [0, 0.05) is 34.8 Å². The van der Waals surface area contributed by atoms with E-state index in [1.54, 1.807) is 43.3 Å². The zero-order valence-electron chi connectivity index (χ0n) is 17.7. The summed E-state index contributed by atoms with van der Waals surface area (Å²) in [4.78, 5) is 37.4. The van der Waals surface area contributed by atoms with Crippen molar-refractivity contribution >= 4 is 44.8 Å². The van der Waals surface area contributed by atoms with E-state index in [-0.39, 0.29) is 30.5 Å². The molecule has 3 aromatic carbocycles. The molecule has 0 aromatic heterocycles.